The first kappa shape index (κ1) is 23.2. The molecule has 1 fully saturated rings. The number of hydrogen-bond donors (Lipinski definition) is 0. The second-order valence-electron chi connectivity index (χ2n) is 8.33. The first-order valence-corrected chi connectivity index (χ1v) is 11.4. The Balaban J connectivity index is 1.76. The number of imide groups is 1. The summed E-state index contributed by atoms with van der Waals surface area (Å²) in [4.78, 5) is 53.5. The number of benzene rings is 2. The first-order chi connectivity index (χ1) is 15.7. The molecular weight excluding hydrogens is 463 g/mol. The molecule has 1 aliphatic heterocycles. The molecule has 0 unspecified atom stereocenters. The van der Waals surface area contributed by atoms with Gasteiger partial charge in [-0.15, -0.1) is 0 Å². The number of amides is 3. The molecule has 33 heavy (non-hydrogen) atoms. The number of carbonyl (C=O) groups is 4. The predicted molar refractivity (Wildman–Crippen MR) is 125 cm³/mol. The van der Waals surface area contributed by atoms with Gasteiger partial charge < -0.3 is 0 Å². The molecule has 6 nitrogen and oxygen atoms in total. The summed E-state index contributed by atoms with van der Waals surface area (Å²) in [5.74, 6) is -3.13. The largest absolute Gasteiger partial charge is 0.292 e. The van der Waals surface area contributed by atoms with E-state index in [1.165, 1.54) is 25.1 Å². The van der Waals surface area contributed by atoms with E-state index < -0.39 is 41.4 Å². The highest BCUT2D eigenvalue weighted by atomic mass is 35.5. The third-order valence-electron chi connectivity index (χ3n) is 6.16. The van der Waals surface area contributed by atoms with Crippen LogP contribution in [0.15, 0.2) is 54.6 Å². The van der Waals surface area contributed by atoms with E-state index in [9.17, 15) is 19.2 Å². The molecule has 170 valence electrons. The molecule has 4 rings (SSSR count). The number of carbonyl (C=O) groups excluding carboxylic acids is 4. The van der Waals surface area contributed by atoms with E-state index in [1.807, 2.05) is 19.1 Å². The molecule has 2 aromatic rings. The SMILES string of the molecule is Cc1ccc(C(=O)[C@H](C)N(C(=O)c2ccc(Cl)c(Cl)c2)N2C(=O)[C@H]3CC=CC[C@H]3C2=O)cc1. The standard InChI is InChI=1S/C25H22Cl2N2O4/c1-14-7-9-16(10-8-14)22(30)15(2)28(23(31)17-11-12-20(26)21(27)13-17)29-24(32)18-5-3-4-6-19(18)25(29)33/h3-4,7-13,15,18-19H,5-6H2,1-2H3/t15-,18-,19+/m0/s1. The van der Waals surface area contributed by atoms with Crippen molar-refractivity contribution in [1.29, 1.82) is 0 Å². The number of Topliss-reactive ketones (excluding diaryl/α,β-unsaturated/α-hetero) is 1. The van der Waals surface area contributed by atoms with Gasteiger partial charge in [0.05, 0.1) is 21.9 Å². The molecule has 2 aliphatic rings. The number of fused-ring (bicyclic) bond motifs is 1. The summed E-state index contributed by atoms with van der Waals surface area (Å²) in [6, 6.07) is 10.1. The quantitative estimate of drug-likeness (QED) is 0.344. The lowest BCUT2D eigenvalue weighted by Crippen LogP contribution is -2.56. The van der Waals surface area contributed by atoms with Crippen molar-refractivity contribution in [3.8, 4) is 0 Å². The zero-order chi connectivity index (χ0) is 23.9. The van der Waals surface area contributed by atoms with Crippen LogP contribution in [0.2, 0.25) is 10.0 Å². The Morgan fingerprint density at radius 3 is 2.00 bits per heavy atom. The molecule has 1 heterocycles. The van der Waals surface area contributed by atoms with Crippen molar-refractivity contribution >= 4 is 46.7 Å². The number of hydrazine groups is 1. The van der Waals surface area contributed by atoms with Crippen LogP contribution in [0.4, 0.5) is 0 Å². The van der Waals surface area contributed by atoms with Crippen molar-refractivity contribution in [3.05, 3.63) is 81.4 Å². The van der Waals surface area contributed by atoms with Gasteiger partial charge >= 0.3 is 0 Å². The van der Waals surface area contributed by atoms with E-state index >= 15 is 0 Å². The number of ketones is 1. The highest BCUT2D eigenvalue weighted by molar-refractivity contribution is 6.42. The monoisotopic (exact) mass is 484 g/mol. The molecule has 0 spiro atoms. The van der Waals surface area contributed by atoms with Crippen LogP contribution < -0.4 is 0 Å². The third-order valence-corrected chi connectivity index (χ3v) is 6.90. The van der Waals surface area contributed by atoms with Gasteiger partial charge in [-0.1, -0.05) is 65.2 Å². The number of aryl methyl sites for hydroxylation is 1. The maximum absolute atomic E-state index is 13.6. The van der Waals surface area contributed by atoms with E-state index in [4.69, 9.17) is 23.2 Å². The predicted octanol–water partition coefficient (Wildman–Crippen LogP) is 4.88. The van der Waals surface area contributed by atoms with E-state index in [1.54, 1.807) is 24.3 Å². The Bertz CT molecular complexity index is 1150. The van der Waals surface area contributed by atoms with Crippen molar-refractivity contribution in [2.45, 2.75) is 32.7 Å². The van der Waals surface area contributed by atoms with E-state index in [0.29, 0.717) is 18.4 Å². The smallest absolute Gasteiger partial charge is 0.273 e. The van der Waals surface area contributed by atoms with Gasteiger partial charge in [-0.2, -0.15) is 5.01 Å². The Hall–Kier alpha value is -2.96. The van der Waals surface area contributed by atoms with Gasteiger partial charge in [0, 0.05) is 11.1 Å². The molecular formula is C25H22Cl2N2O4. The van der Waals surface area contributed by atoms with Crippen molar-refractivity contribution in [2.75, 3.05) is 0 Å². The van der Waals surface area contributed by atoms with Crippen LogP contribution >= 0.6 is 23.2 Å². The molecule has 2 aromatic carbocycles. The second-order valence-corrected chi connectivity index (χ2v) is 9.14. The van der Waals surface area contributed by atoms with E-state index in [-0.39, 0.29) is 15.6 Å². The second kappa shape index (κ2) is 9.12. The third kappa shape index (κ3) is 4.21. The zero-order valence-electron chi connectivity index (χ0n) is 18.1. The van der Waals surface area contributed by atoms with Gasteiger partial charge in [0.2, 0.25) is 0 Å². The fourth-order valence-electron chi connectivity index (χ4n) is 4.27. The number of allylic oxidation sites excluding steroid dienone is 2. The Morgan fingerprint density at radius 2 is 1.45 bits per heavy atom. The zero-order valence-corrected chi connectivity index (χ0v) is 19.6. The fraction of sp³-hybridized carbons (Fsp3) is 0.280. The molecule has 1 aliphatic carbocycles. The lowest BCUT2D eigenvalue weighted by Gasteiger charge is -2.34. The van der Waals surface area contributed by atoms with Gasteiger partial charge in [-0.3, -0.25) is 19.2 Å². The average molecular weight is 485 g/mol. The lowest BCUT2D eigenvalue weighted by molar-refractivity contribution is -0.156. The summed E-state index contributed by atoms with van der Waals surface area (Å²) in [5, 5.41) is 2.25. The van der Waals surface area contributed by atoms with Gasteiger partial charge in [0.1, 0.15) is 6.04 Å². The van der Waals surface area contributed by atoms with Crippen molar-refractivity contribution in [2.24, 2.45) is 11.8 Å². The Labute approximate surface area is 201 Å². The summed E-state index contributed by atoms with van der Waals surface area (Å²) in [6.07, 6.45) is 4.56. The number of rotatable bonds is 5. The van der Waals surface area contributed by atoms with Crippen molar-refractivity contribution < 1.29 is 19.2 Å². The number of halogens is 2. The minimum absolute atomic E-state index is 0.113. The molecule has 3 amide bonds. The summed E-state index contributed by atoms with van der Waals surface area (Å²) in [7, 11) is 0. The Morgan fingerprint density at radius 1 is 0.909 bits per heavy atom. The molecule has 0 aromatic heterocycles. The summed E-state index contributed by atoms with van der Waals surface area (Å²) < 4.78 is 0. The highest BCUT2D eigenvalue weighted by Gasteiger charge is 2.52. The van der Waals surface area contributed by atoms with Gasteiger partial charge in [0.25, 0.3) is 17.7 Å². The van der Waals surface area contributed by atoms with Crippen LogP contribution in [0.5, 0.6) is 0 Å². The normalized spacial score (nSPS) is 20.5. The lowest BCUT2D eigenvalue weighted by atomic mass is 9.85. The van der Waals surface area contributed by atoms with E-state index in [2.05, 4.69) is 0 Å². The van der Waals surface area contributed by atoms with Crippen LogP contribution in [0.3, 0.4) is 0 Å². The van der Waals surface area contributed by atoms with Crippen LogP contribution in [-0.2, 0) is 9.59 Å². The molecule has 0 bridgehead atoms. The minimum Gasteiger partial charge on any atom is -0.292 e. The molecule has 3 atom stereocenters. The van der Waals surface area contributed by atoms with Gasteiger partial charge in [-0.05, 0) is 44.9 Å². The van der Waals surface area contributed by atoms with Crippen LogP contribution in [0.25, 0.3) is 0 Å². The fourth-order valence-corrected chi connectivity index (χ4v) is 4.56. The van der Waals surface area contributed by atoms with Gasteiger partial charge in [0.15, 0.2) is 5.78 Å². The molecule has 1 saturated heterocycles. The first-order valence-electron chi connectivity index (χ1n) is 10.6. The van der Waals surface area contributed by atoms with Crippen LogP contribution in [-0.4, -0.2) is 39.6 Å². The minimum atomic E-state index is -1.12. The summed E-state index contributed by atoms with van der Waals surface area (Å²) in [6.45, 7) is 3.41. The maximum atomic E-state index is 13.6. The van der Waals surface area contributed by atoms with Crippen molar-refractivity contribution in [3.63, 3.8) is 0 Å². The average Bonchev–Trinajstić information content (AvgIpc) is 3.06. The van der Waals surface area contributed by atoms with Crippen LogP contribution in [0, 0.1) is 18.8 Å². The molecule has 0 N–H and O–H groups in total. The highest BCUT2D eigenvalue weighted by Crippen LogP contribution is 2.37. The number of hydrogen-bond acceptors (Lipinski definition) is 4. The summed E-state index contributed by atoms with van der Waals surface area (Å²) >= 11 is 12.1. The maximum Gasteiger partial charge on any atom is 0.273 e. The van der Waals surface area contributed by atoms with Crippen molar-refractivity contribution in [1.82, 2.24) is 10.0 Å². The molecule has 8 heteroatoms. The van der Waals surface area contributed by atoms with E-state index in [0.717, 1.165) is 15.6 Å². The molecule has 0 saturated carbocycles. The van der Waals surface area contributed by atoms with Crippen LogP contribution in [0.1, 0.15) is 46.0 Å². The topological polar surface area (TPSA) is 74.8 Å². The van der Waals surface area contributed by atoms with Gasteiger partial charge in [-0.25, -0.2) is 5.01 Å². The molecule has 0 radical (unpaired) electrons. The number of nitrogens with zero attached hydrogens (tertiary/aromatic N) is 2. The Kier molecular flexibility index (Phi) is 6.41. The summed E-state index contributed by atoms with van der Waals surface area (Å²) in [5.41, 5.74) is 1.46.